The number of rotatable bonds is 5. The Morgan fingerprint density at radius 2 is 1.78 bits per heavy atom. The molecule has 0 spiro atoms. The first-order chi connectivity index (χ1) is 15.6. The van der Waals surface area contributed by atoms with Gasteiger partial charge in [0.05, 0.1) is 18.2 Å². The molecule has 1 atom stereocenters. The smallest absolute Gasteiger partial charge is 0.267 e. The fourth-order valence-electron chi connectivity index (χ4n) is 5.02. The summed E-state index contributed by atoms with van der Waals surface area (Å²) in [6, 6.07) is 11.3. The predicted octanol–water partition coefficient (Wildman–Crippen LogP) is 0.929. The Bertz CT molecular complexity index is 1060. The van der Waals surface area contributed by atoms with Crippen LogP contribution >= 0.6 is 0 Å². The van der Waals surface area contributed by atoms with E-state index in [0.29, 0.717) is 26.2 Å². The van der Waals surface area contributed by atoms with Gasteiger partial charge < -0.3 is 9.80 Å². The van der Waals surface area contributed by atoms with Crippen molar-refractivity contribution in [3.8, 4) is 0 Å². The summed E-state index contributed by atoms with van der Waals surface area (Å²) in [5, 5.41) is 4.55. The van der Waals surface area contributed by atoms with E-state index in [1.807, 2.05) is 35.2 Å². The van der Waals surface area contributed by atoms with Crippen LogP contribution in [0.15, 0.2) is 41.2 Å². The predicted molar refractivity (Wildman–Crippen MR) is 120 cm³/mol. The lowest BCUT2D eigenvalue weighted by atomic mass is 10.1. The minimum absolute atomic E-state index is 0.0143. The highest BCUT2D eigenvalue weighted by molar-refractivity contribution is 6.00. The van der Waals surface area contributed by atoms with Crippen LogP contribution in [0, 0.1) is 5.92 Å². The van der Waals surface area contributed by atoms with Gasteiger partial charge in [-0.25, -0.2) is 4.68 Å². The zero-order valence-electron chi connectivity index (χ0n) is 18.3. The summed E-state index contributed by atoms with van der Waals surface area (Å²) in [5.41, 5.74) is 3.01. The van der Waals surface area contributed by atoms with Crippen LogP contribution in [0.5, 0.6) is 0 Å². The van der Waals surface area contributed by atoms with E-state index in [0.717, 1.165) is 55.8 Å². The number of anilines is 1. The van der Waals surface area contributed by atoms with Crippen molar-refractivity contribution in [3.63, 3.8) is 0 Å². The zero-order chi connectivity index (χ0) is 22.1. The second-order valence-electron chi connectivity index (χ2n) is 8.94. The lowest BCUT2D eigenvalue weighted by Gasteiger charge is -2.35. The number of hydrogen-bond donors (Lipinski definition) is 0. The summed E-state index contributed by atoms with van der Waals surface area (Å²) in [4.78, 5) is 43.7. The number of para-hydroxylation sites is 1. The van der Waals surface area contributed by atoms with E-state index in [1.165, 1.54) is 0 Å². The Morgan fingerprint density at radius 1 is 1.00 bits per heavy atom. The molecule has 0 radical (unpaired) electrons. The molecule has 3 heterocycles. The number of piperazine rings is 1. The molecule has 1 aromatic carbocycles. The SMILES string of the molecule is O=C(C1CC(=O)N(c2ccccc2)C1)N1CCN(CCn2nc3c(cc2=O)CCC3)CC1. The summed E-state index contributed by atoms with van der Waals surface area (Å²) < 4.78 is 1.59. The molecule has 5 rings (SSSR count). The van der Waals surface area contributed by atoms with Gasteiger partial charge in [-0.1, -0.05) is 18.2 Å². The van der Waals surface area contributed by atoms with Crippen molar-refractivity contribution >= 4 is 17.5 Å². The van der Waals surface area contributed by atoms with Crippen molar-refractivity contribution in [2.24, 2.45) is 5.92 Å². The number of hydrogen-bond acceptors (Lipinski definition) is 5. The molecule has 3 aliphatic rings. The molecule has 2 aliphatic heterocycles. The van der Waals surface area contributed by atoms with Crippen LogP contribution < -0.4 is 10.5 Å². The van der Waals surface area contributed by atoms with Crippen molar-refractivity contribution in [2.75, 3.05) is 44.2 Å². The average Bonchev–Trinajstić information content (AvgIpc) is 3.44. The molecule has 1 aliphatic carbocycles. The van der Waals surface area contributed by atoms with Gasteiger partial charge in [-0.3, -0.25) is 19.3 Å². The Kier molecular flexibility index (Phi) is 5.78. The normalized spacial score (nSPS) is 21.2. The fraction of sp³-hybridized carbons (Fsp3) is 0.500. The van der Waals surface area contributed by atoms with E-state index in [-0.39, 0.29) is 29.7 Å². The largest absolute Gasteiger partial charge is 0.340 e. The van der Waals surface area contributed by atoms with E-state index in [1.54, 1.807) is 15.6 Å². The quantitative estimate of drug-likeness (QED) is 0.698. The number of nitrogens with zero attached hydrogens (tertiary/aromatic N) is 5. The molecule has 2 saturated heterocycles. The minimum atomic E-state index is -0.275. The monoisotopic (exact) mass is 435 g/mol. The van der Waals surface area contributed by atoms with Gasteiger partial charge in [0.15, 0.2) is 0 Å². The van der Waals surface area contributed by atoms with Gasteiger partial charge >= 0.3 is 0 Å². The van der Waals surface area contributed by atoms with Crippen LogP contribution in [0.2, 0.25) is 0 Å². The third-order valence-electron chi connectivity index (χ3n) is 6.88. The third-order valence-corrected chi connectivity index (χ3v) is 6.88. The number of carbonyl (C=O) groups is 2. The molecule has 2 fully saturated rings. The molecule has 0 saturated carbocycles. The van der Waals surface area contributed by atoms with Crippen LogP contribution in [0.25, 0.3) is 0 Å². The number of carbonyl (C=O) groups excluding carboxylic acids is 2. The van der Waals surface area contributed by atoms with E-state index >= 15 is 0 Å². The van der Waals surface area contributed by atoms with Crippen molar-refractivity contribution in [1.82, 2.24) is 19.6 Å². The number of fused-ring (bicyclic) bond motifs is 1. The number of aryl methyl sites for hydroxylation is 2. The highest BCUT2D eigenvalue weighted by Gasteiger charge is 2.37. The zero-order valence-corrected chi connectivity index (χ0v) is 18.3. The van der Waals surface area contributed by atoms with Gasteiger partial charge in [-0.05, 0) is 37.0 Å². The first-order valence-electron chi connectivity index (χ1n) is 11.5. The maximum absolute atomic E-state index is 13.0. The van der Waals surface area contributed by atoms with Crippen LogP contribution in [-0.2, 0) is 29.0 Å². The van der Waals surface area contributed by atoms with E-state index in [9.17, 15) is 14.4 Å². The molecule has 8 nitrogen and oxygen atoms in total. The van der Waals surface area contributed by atoms with Crippen molar-refractivity contribution < 1.29 is 9.59 Å². The maximum atomic E-state index is 13.0. The standard InChI is InChI=1S/C24H29N5O3/c30-22-16-19(17-28(22)20-6-2-1-3-7-20)24(32)27-12-9-26(10-13-27)11-14-29-23(31)15-18-5-4-8-21(18)25-29/h1-3,6-7,15,19H,4-5,8-14,16-17H2. The fourth-order valence-corrected chi connectivity index (χ4v) is 5.02. The Hall–Kier alpha value is -3.00. The molecule has 168 valence electrons. The lowest BCUT2D eigenvalue weighted by molar-refractivity contribution is -0.137. The summed E-state index contributed by atoms with van der Waals surface area (Å²) in [6.45, 7) is 4.63. The van der Waals surface area contributed by atoms with Crippen LogP contribution in [-0.4, -0.2) is 70.7 Å². The lowest BCUT2D eigenvalue weighted by Crippen LogP contribution is -2.51. The molecule has 0 N–H and O–H groups in total. The van der Waals surface area contributed by atoms with Gasteiger partial charge in [0.25, 0.3) is 5.56 Å². The van der Waals surface area contributed by atoms with Gasteiger partial charge in [0, 0.05) is 57.4 Å². The minimum Gasteiger partial charge on any atom is -0.340 e. The van der Waals surface area contributed by atoms with Gasteiger partial charge in [-0.2, -0.15) is 5.10 Å². The van der Waals surface area contributed by atoms with Crippen molar-refractivity contribution in [3.05, 3.63) is 58.0 Å². The third kappa shape index (κ3) is 4.19. The molecular formula is C24H29N5O3. The van der Waals surface area contributed by atoms with Gasteiger partial charge in [0.2, 0.25) is 11.8 Å². The van der Waals surface area contributed by atoms with Crippen LogP contribution in [0.1, 0.15) is 24.1 Å². The highest BCUT2D eigenvalue weighted by atomic mass is 16.2. The summed E-state index contributed by atoms with van der Waals surface area (Å²) in [6.07, 6.45) is 3.28. The Morgan fingerprint density at radius 3 is 2.56 bits per heavy atom. The van der Waals surface area contributed by atoms with Gasteiger partial charge in [0.1, 0.15) is 0 Å². The van der Waals surface area contributed by atoms with E-state index < -0.39 is 0 Å². The van der Waals surface area contributed by atoms with Gasteiger partial charge in [-0.15, -0.1) is 0 Å². The molecule has 0 bridgehead atoms. The maximum Gasteiger partial charge on any atom is 0.267 e. The van der Waals surface area contributed by atoms with E-state index in [2.05, 4.69) is 10.00 Å². The summed E-state index contributed by atoms with van der Waals surface area (Å²) in [5.74, 6) is -0.183. The Labute approximate surface area is 187 Å². The summed E-state index contributed by atoms with van der Waals surface area (Å²) >= 11 is 0. The topological polar surface area (TPSA) is 78.8 Å². The molecule has 8 heteroatoms. The number of amides is 2. The highest BCUT2D eigenvalue weighted by Crippen LogP contribution is 2.26. The second kappa shape index (κ2) is 8.86. The molecule has 1 unspecified atom stereocenters. The first kappa shape index (κ1) is 20.9. The first-order valence-corrected chi connectivity index (χ1v) is 11.5. The van der Waals surface area contributed by atoms with Crippen LogP contribution in [0.4, 0.5) is 5.69 Å². The van der Waals surface area contributed by atoms with Crippen molar-refractivity contribution in [1.29, 1.82) is 0 Å². The summed E-state index contributed by atoms with van der Waals surface area (Å²) in [7, 11) is 0. The molecule has 32 heavy (non-hydrogen) atoms. The van der Waals surface area contributed by atoms with Crippen LogP contribution in [0.3, 0.4) is 0 Å². The number of aromatic nitrogens is 2. The molecule has 2 amide bonds. The van der Waals surface area contributed by atoms with E-state index in [4.69, 9.17) is 0 Å². The molecule has 2 aromatic rings. The second-order valence-corrected chi connectivity index (χ2v) is 8.94. The average molecular weight is 436 g/mol. The number of benzene rings is 1. The molecular weight excluding hydrogens is 406 g/mol. The Balaban J connectivity index is 1.12. The van der Waals surface area contributed by atoms with Crippen molar-refractivity contribution in [2.45, 2.75) is 32.2 Å². The molecule has 1 aromatic heterocycles.